The van der Waals surface area contributed by atoms with E-state index in [0.29, 0.717) is 0 Å². The maximum Gasteiger partial charge on any atom is 0.136 e. The van der Waals surface area contributed by atoms with E-state index < -0.39 is 0 Å². The van der Waals surface area contributed by atoms with E-state index in [1.54, 1.807) is 0 Å². The summed E-state index contributed by atoms with van der Waals surface area (Å²) in [7, 11) is 0. The summed E-state index contributed by atoms with van der Waals surface area (Å²) < 4.78 is 6.24. The van der Waals surface area contributed by atoms with Crippen LogP contribution in [0.15, 0.2) is 138 Å². The van der Waals surface area contributed by atoms with Gasteiger partial charge in [0.15, 0.2) is 0 Å². The molecule has 0 aliphatic heterocycles. The summed E-state index contributed by atoms with van der Waals surface area (Å²) in [6, 6.07) is 47.9. The first kappa shape index (κ1) is 20.3. The Bertz CT molecular complexity index is 2130. The third kappa shape index (κ3) is 2.98. The molecule has 8 aromatic rings. The second kappa shape index (κ2) is 7.81. The molecule has 8 rings (SSSR count). The zero-order valence-electron chi connectivity index (χ0n) is 20.1. The number of fused-ring (bicyclic) bond motifs is 9. The molecule has 0 spiro atoms. The first-order valence-electron chi connectivity index (χ1n) is 12.7. The predicted octanol–water partition coefficient (Wildman–Crippen LogP) is 10.4. The molecule has 0 N–H and O–H groups in total. The zero-order valence-corrected chi connectivity index (χ0v) is 20.1. The van der Waals surface area contributed by atoms with E-state index in [1.807, 2.05) is 6.07 Å². The predicted molar refractivity (Wildman–Crippen MR) is 157 cm³/mol. The van der Waals surface area contributed by atoms with Gasteiger partial charge in [0.25, 0.3) is 0 Å². The molecule has 172 valence electrons. The van der Waals surface area contributed by atoms with Crippen molar-refractivity contribution in [2.75, 3.05) is 0 Å². The van der Waals surface area contributed by atoms with Crippen LogP contribution in [0.25, 0.3) is 76.5 Å². The molecule has 0 radical (unpaired) electrons. The molecule has 7 aromatic carbocycles. The van der Waals surface area contributed by atoms with E-state index in [1.165, 1.54) is 60.0 Å². The standard InChI is InChI=1S/C36H22O/c1-2-11-23(12-3-1)31-21-24(25-18-10-20-34-36(25)30-17-8-9-19-33(30)37-34)22-32-28-15-5-4-13-26(28)27-14-6-7-16-29(27)35(31)32/h1-22H. The van der Waals surface area contributed by atoms with Crippen molar-refractivity contribution in [1.29, 1.82) is 0 Å². The van der Waals surface area contributed by atoms with Crippen LogP contribution in [0.5, 0.6) is 0 Å². The second-order valence-corrected chi connectivity index (χ2v) is 9.68. The highest BCUT2D eigenvalue weighted by atomic mass is 16.3. The van der Waals surface area contributed by atoms with Crippen molar-refractivity contribution in [1.82, 2.24) is 0 Å². The molecule has 1 aromatic heterocycles. The van der Waals surface area contributed by atoms with Crippen molar-refractivity contribution >= 4 is 54.3 Å². The molecule has 0 amide bonds. The van der Waals surface area contributed by atoms with Crippen molar-refractivity contribution in [2.24, 2.45) is 0 Å². The largest absolute Gasteiger partial charge is 0.456 e. The maximum absolute atomic E-state index is 6.24. The summed E-state index contributed by atoms with van der Waals surface area (Å²) in [5.41, 5.74) is 6.70. The average molecular weight is 471 g/mol. The minimum atomic E-state index is 0.920. The molecule has 0 bridgehead atoms. The van der Waals surface area contributed by atoms with Gasteiger partial charge < -0.3 is 4.42 Å². The number of furan rings is 1. The number of benzene rings is 7. The van der Waals surface area contributed by atoms with Gasteiger partial charge in [-0.1, -0.05) is 109 Å². The van der Waals surface area contributed by atoms with Crippen molar-refractivity contribution in [3.8, 4) is 22.3 Å². The van der Waals surface area contributed by atoms with Crippen molar-refractivity contribution < 1.29 is 4.42 Å². The van der Waals surface area contributed by atoms with Crippen LogP contribution < -0.4 is 0 Å². The topological polar surface area (TPSA) is 13.1 Å². The van der Waals surface area contributed by atoms with Crippen molar-refractivity contribution in [2.45, 2.75) is 0 Å². The Morgan fingerprint density at radius 3 is 1.70 bits per heavy atom. The molecular weight excluding hydrogens is 448 g/mol. The lowest BCUT2D eigenvalue weighted by molar-refractivity contribution is 0.669. The van der Waals surface area contributed by atoms with Gasteiger partial charge in [-0.05, 0) is 78.8 Å². The van der Waals surface area contributed by atoms with Gasteiger partial charge in [-0.25, -0.2) is 0 Å². The third-order valence-corrected chi connectivity index (χ3v) is 7.64. The molecule has 1 heterocycles. The first-order valence-corrected chi connectivity index (χ1v) is 12.7. The smallest absolute Gasteiger partial charge is 0.136 e. The van der Waals surface area contributed by atoms with Crippen LogP contribution in [-0.2, 0) is 0 Å². The van der Waals surface area contributed by atoms with Gasteiger partial charge in [-0.2, -0.15) is 0 Å². The van der Waals surface area contributed by atoms with Crippen LogP contribution in [0.4, 0.5) is 0 Å². The first-order chi connectivity index (χ1) is 18.4. The van der Waals surface area contributed by atoms with Crippen LogP contribution in [0.2, 0.25) is 0 Å². The van der Waals surface area contributed by atoms with Gasteiger partial charge in [0.05, 0.1) is 0 Å². The van der Waals surface area contributed by atoms with Crippen LogP contribution in [0, 0.1) is 0 Å². The second-order valence-electron chi connectivity index (χ2n) is 9.68. The molecule has 0 saturated heterocycles. The Hall–Kier alpha value is -4.88. The molecule has 0 fully saturated rings. The van der Waals surface area contributed by atoms with E-state index in [2.05, 4.69) is 127 Å². The summed E-state index contributed by atoms with van der Waals surface area (Å²) in [6.45, 7) is 0. The molecule has 0 saturated carbocycles. The summed E-state index contributed by atoms with van der Waals surface area (Å²) in [5.74, 6) is 0. The molecule has 1 nitrogen and oxygen atoms in total. The quantitative estimate of drug-likeness (QED) is 0.229. The fraction of sp³-hybridized carbons (Fsp3) is 0. The molecule has 0 unspecified atom stereocenters. The Kier molecular flexibility index (Phi) is 4.29. The van der Waals surface area contributed by atoms with Crippen molar-refractivity contribution in [3.63, 3.8) is 0 Å². The maximum atomic E-state index is 6.24. The molecule has 0 aliphatic carbocycles. The molecule has 0 atom stereocenters. The minimum absolute atomic E-state index is 0.920. The van der Waals surface area contributed by atoms with Gasteiger partial charge in [0.1, 0.15) is 11.2 Å². The number of hydrogen-bond donors (Lipinski definition) is 0. The lowest BCUT2D eigenvalue weighted by Gasteiger charge is -2.17. The Morgan fingerprint density at radius 1 is 0.324 bits per heavy atom. The van der Waals surface area contributed by atoms with E-state index in [-0.39, 0.29) is 0 Å². The van der Waals surface area contributed by atoms with Gasteiger partial charge >= 0.3 is 0 Å². The lowest BCUT2D eigenvalue weighted by Crippen LogP contribution is -1.90. The van der Waals surface area contributed by atoms with E-state index in [4.69, 9.17) is 4.42 Å². The monoisotopic (exact) mass is 470 g/mol. The number of para-hydroxylation sites is 1. The molecule has 0 aliphatic rings. The fourth-order valence-corrected chi connectivity index (χ4v) is 6.05. The van der Waals surface area contributed by atoms with Gasteiger partial charge in [0, 0.05) is 10.8 Å². The highest BCUT2D eigenvalue weighted by molar-refractivity contribution is 6.29. The molecule has 1 heteroatoms. The number of rotatable bonds is 2. The summed E-state index contributed by atoms with van der Waals surface area (Å²) in [5, 5.41) is 10.0. The number of hydrogen-bond acceptors (Lipinski definition) is 1. The van der Waals surface area contributed by atoms with E-state index >= 15 is 0 Å². The third-order valence-electron chi connectivity index (χ3n) is 7.64. The molecule has 37 heavy (non-hydrogen) atoms. The highest BCUT2D eigenvalue weighted by Crippen LogP contribution is 2.44. The lowest BCUT2D eigenvalue weighted by atomic mass is 9.86. The zero-order chi connectivity index (χ0) is 24.3. The van der Waals surface area contributed by atoms with Crippen LogP contribution in [0.1, 0.15) is 0 Å². The minimum Gasteiger partial charge on any atom is -0.456 e. The summed E-state index contributed by atoms with van der Waals surface area (Å²) >= 11 is 0. The fourth-order valence-electron chi connectivity index (χ4n) is 6.05. The van der Waals surface area contributed by atoms with Crippen molar-refractivity contribution in [3.05, 3.63) is 133 Å². The SMILES string of the molecule is c1ccc(-c2cc(-c3cccc4oc5ccccc5c34)cc3c4ccccc4c4ccccc4c23)cc1. The van der Waals surface area contributed by atoms with E-state index in [0.717, 1.165) is 16.6 Å². The Balaban J connectivity index is 1.59. The van der Waals surface area contributed by atoms with Gasteiger partial charge in [-0.3, -0.25) is 0 Å². The van der Waals surface area contributed by atoms with Crippen LogP contribution in [-0.4, -0.2) is 0 Å². The van der Waals surface area contributed by atoms with Crippen LogP contribution >= 0.6 is 0 Å². The molecular formula is C36H22O. The summed E-state index contributed by atoms with van der Waals surface area (Å²) in [6.07, 6.45) is 0. The average Bonchev–Trinajstić information content (AvgIpc) is 3.36. The highest BCUT2D eigenvalue weighted by Gasteiger charge is 2.17. The normalized spacial score (nSPS) is 11.8. The van der Waals surface area contributed by atoms with Gasteiger partial charge in [0.2, 0.25) is 0 Å². The summed E-state index contributed by atoms with van der Waals surface area (Å²) in [4.78, 5) is 0. The van der Waals surface area contributed by atoms with E-state index in [9.17, 15) is 0 Å². The Labute approximate surface area is 214 Å². The Morgan fingerprint density at radius 2 is 0.919 bits per heavy atom. The van der Waals surface area contributed by atoms with Gasteiger partial charge in [-0.15, -0.1) is 0 Å². The van der Waals surface area contributed by atoms with Crippen LogP contribution in [0.3, 0.4) is 0 Å².